The molecule has 0 saturated carbocycles. The van der Waals surface area contributed by atoms with Gasteiger partial charge in [-0.2, -0.15) is 8.42 Å². The molecule has 1 saturated heterocycles. The molecule has 1 heterocycles. The van der Waals surface area contributed by atoms with Gasteiger partial charge in [0.05, 0.1) is 31.6 Å². The van der Waals surface area contributed by atoms with E-state index in [-0.39, 0.29) is 32.5 Å². The van der Waals surface area contributed by atoms with E-state index in [2.05, 4.69) is 0 Å². The van der Waals surface area contributed by atoms with Crippen molar-refractivity contribution in [3.63, 3.8) is 0 Å². The van der Waals surface area contributed by atoms with Crippen LogP contribution in [0.25, 0.3) is 0 Å². The van der Waals surface area contributed by atoms with Crippen LogP contribution in [-0.2, 0) is 28.5 Å². The van der Waals surface area contributed by atoms with Crippen LogP contribution in [0.1, 0.15) is 6.42 Å². The quantitative estimate of drug-likeness (QED) is 0.338. The van der Waals surface area contributed by atoms with Crippen LogP contribution < -0.4 is 11.5 Å². The number of nitrogens with two attached hydrogens (primary N) is 2. The molecule has 4 N–H and O–H groups in total. The maximum atomic E-state index is 11.2. The van der Waals surface area contributed by atoms with Crippen LogP contribution in [-0.4, -0.2) is 59.7 Å². The summed E-state index contributed by atoms with van der Waals surface area (Å²) in [7, 11) is -2.19. The first-order chi connectivity index (χ1) is 8.27. The van der Waals surface area contributed by atoms with Gasteiger partial charge in [0, 0.05) is 13.5 Å². The molecular formula is C9H20N2O6S. The first-order valence-electron chi connectivity index (χ1n) is 5.40. The van der Waals surface area contributed by atoms with Crippen LogP contribution in [0, 0.1) is 0 Å². The minimum Gasteiger partial charge on any atom is -0.374 e. The maximum absolute atomic E-state index is 11.2. The molecular weight excluding hydrogens is 264 g/mol. The third kappa shape index (κ3) is 4.76. The summed E-state index contributed by atoms with van der Waals surface area (Å²) in [5, 5.41) is 0. The summed E-state index contributed by atoms with van der Waals surface area (Å²) in [4.78, 5) is 0. The summed E-state index contributed by atoms with van der Waals surface area (Å²) in [5.41, 5.74) is 10.2. The largest absolute Gasteiger partial charge is 0.374 e. The van der Waals surface area contributed by atoms with Crippen molar-refractivity contribution in [2.45, 2.75) is 24.3 Å². The molecule has 18 heavy (non-hydrogen) atoms. The van der Waals surface area contributed by atoms with Gasteiger partial charge in [-0.15, -0.1) is 0 Å². The molecule has 0 aromatic rings. The Morgan fingerprint density at radius 3 is 2.72 bits per heavy atom. The molecule has 0 spiro atoms. The SMILES string of the molecule is COCOC[C@@H]1CC(N)(OS(C)(=O)=O)C(N)CO1. The molecule has 0 amide bonds. The van der Waals surface area contributed by atoms with Crippen LogP contribution >= 0.6 is 0 Å². The Bertz CT molecular complexity index is 362. The van der Waals surface area contributed by atoms with Crippen molar-refractivity contribution < 1.29 is 26.8 Å². The van der Waals surface area contributed by atoms with Crippen molar-refractivity contribution in [3.05, 3.63) is 0 Å². The summed E-state index contributed by atoms with van der Waals surface area (Å²) in [6.07, 6.45) is 0.678. The van der Waals surface area contributed by atoms with Gasteiger partial charge in [0.1, 0.15) is 6.79 Å². The lowest BCUT2D eigenvalue weighted by Gasteiger charge is -2.40. The zero-order valence-electron chi connectivity index (χ0n) is 10.5. The summed E-state index contributed by atoms with van der Waals surface area (Å²) in [6, 6.07) is -0.717. The molecule has 1 fully saturated rings. The summed E-state index contributed by atoms with van der Waals surface area (Å²) in [5.74, 6) is 0. The summed E-state index contributed by atoms with van der Waals surface area (Å²) < 4.78 is 42.5. The Balaban J connectivity index is 2.60. The number of rotatable bonds is 6. The van der Waals surface area contributed by atoms with Crippen LogP contribution in [0.3, 0.4) is 0 Å². The van der Waals surface area contributed by atoms with Crippen molar-refractivity contribution in [3.8, 4) is 0 Å². The van der Waals surface area contributed by atoms with Crippen LogP contribution in [0.2, 0.25) is 0 Å². The monoisotopic (exact) mass is 284 g/mol. The zero-order valence-corrected chi connectivity index (χ0v) is 11.3. The van der Waals surface area contributed by atoms with Crippen LogP contribution in [0.5, 0.6) is 0 Å². The molecule has 9 heteroatoms. The van der Waals surface area contributed by atoms with E-state index in [0.29, 0.717) is 0 Å². The number of hydrogen-bond acceptors (Lipinski definition) is 8. The highest BCUT2D eigenvalue weighted by Gasteiger charge is 2.43. The van der Waals surface area contributed by atoms with Crippen molar-refractivity contribution >= 4 is 10.1 Å². The second-order valence-corrected chi connectivity index (χ2v) is 5.86. The molecule has 1 aliphatic heterocycles. The number of methoxy groups -OCH3 is 1. The topological polar surface area (TPSA) is 123 Å². The van der Waals surface area contributed by atoms with Gasteiger partial charge in [-0.05, 0) is 0 Å². The molecule has 0 aromatic heterocycles. The van der Waals surface area contributed by atoms with Gasteiger partial charge in [-0.1, -0.05) is 0 Å². The van der Waals surface area contributed by atoms with Crippen molar-refractivity contribution in [2.24, 2.45) is 11.5 Å². The summed E-state index contributed by atoms with van der Waals surface area (Å²) in [6.45, 7) is 0.454. The fourth-order valence-electron chi connectivity index (χ4n) is 1.69. The Hall–Kier alpha value is -0.290. The fraction of sp³-hybridized carbons (Fsp3) is 1.00. The molecule has 0 aliphatic carbocycles. The predicted octanol–water partition coefficient (Wildman–Crippen LogP) is -1.65. The van der Waals surface area contributed by atoms with Gasteiger partial charge in [0.15, 0.2) is 5.72 Å². The second kappa shape index (κ2) is 6.24. The van der Waals surface area contributed by atoms with Gasteiger partial charge in [-0.25, -0.2) is 4.18 Å². The van der Waals surface area contributed by atoms with Gasteiger partial charge in [-0.3, -0.25) is 0 Å². The standard InChI is InChI=1S/C9H20N2O6S/c1-14-6-15-4-7-3-9(11,8(10)5-16-7)17-18(2,12)13/h7-8H,3-6,10-11H2,1-2H3/t7-,8?,9?/m0/s1. The zero-order chi connectivity index (χ0) is 13.8. The van der Waals surface area contributed by atoms with Gasteiger partial charge in [0.2, 0.25) is 0 Å². The Morgan fingerprint density at radius 2 is 2.17 bits per heavy atom. The molecule has 0 aromatic carbocycles. The molecule has 8 nitrogen and oxygen atoms in total. The minimum atomic E-state index is -3.69. The predicted molar refractivity (Wildman–Crippen MR) is 63.0 cm³/mol. The highest BCUT2D eigenvalue weighted by Crippen LogP contribution is 2.25. The Labute approximate surface area is 107 Å². The molecule has 3 atom stereocenters. The average Bonchev–Trinajstić information content (AvgIpc) is 2.21. The van der Waals surface area contributed by atoms with E-state index in [1.165, 1.54) is 7.11 Å². The van der Waals surface area contributed by atoms with Gasteiger partial charge in [0.25, 0.3) is 10.1 Å². The smallest absolute Gasteiger partial charge is 0.266 e. The lowest BCUT2D eigenvalue weighted by Crippen LogP contribution is -2.65. The first kappa shape index (κ1) is 15.8. The van der Waals surface area contributed by atoms with E-state index in [4.69, 9.17) is 29.9 Å². The third-order valence-electron chi connectivity index (χ3n) is 2.50. The maximum Gasteiger partial charge on any atom is 0.266 e. The molecule has 1 rings (SSSR count). The molecule has 0 bridgehead atoms. The van der Waals surface area contributed by atoms with Gasteiger partial charge < -0.3 is 25.7 Å². The van der Waals surface area contributed by atoms with Crippen molar-refractivity contribution in [1.82, 2.24) is 0 Å². The van der Waals surface area contributed by atoms with E-state index >= 15 is 0 Å². The lowest BCUT2D eigenvalue weighted by molar-refractivity contribution is -0.137. The van der Waals surface area contributed by atoms with Crippen molar-refractivity contribution in [2.75, 3.05) is 33.4 Å². The second-order valence-electron chi connectivity index (χ2n) is 4.29. The van der Waals surface area contributed by atoms with E-state index < -0.39 is 21.9 Å². The lowest BCUT2D eigenvalue weighted by atomic mass is 9.96. The number of ether oxygens (including phenoxy) is 3. The highest BCUT2D eigenvalue weighted by atomic mass is 32.2. The normalized spacial score (nSPS) is 33.6. The Kier molecular flexibility index (Phi) is 5.46. The minimum absolute atomic E-state index is 0.104. The molecule has 0 radical (unpaired) electrons. The van der Waals surface area contributed by atoms with Crippen LogP contribution in [0.15, 0.2) is 0 Å². The van der Waals surface area contributed by atoms with Gasteiger partial charge >= 0.3 is 0 Å². The molecule has 1 aliphatic rings. The van der Waals surface area contributed by atoms with Crippen molar-refractivity contribution in [1.29, 1.82) is 0 Å². The number of hydrogen-bond donors (Lipinski definition) is 2. The third-order valence-corrected chi connectivity index (χ3v) is 3.11. The summed E-state index contributed by atoms with van der Waals surface area (Å²) >= 11 is 0. The highest BCUT2D eigenvalue weighted by molar-refractivity contribution is 7.86. The van der Waals surface area contributed by atoms with E-state index in [0.717, 1.165) is 6.26 Å². The van der Waals surface area contributed by atoms with Crippen LogP contribution in [0.4, 0.5) is 0 Å². The fourth-order valence-corrected chi connectivity index (χ4v) is 2.45. The van der Waals surface area contributed by atoms with E-state index in [9.17, 15) is 8.42 Å². The molecule has 108 valence electrons. The first-order valence-corrected chi connectivity index (χ1v) is 7.22. The van der Waals surface area contributed by atoms with E-state index in [1.54, 1.807) is 0 Å². The van der Waals surface area contributed by atoms with E-state index in [1.807, 2.05) is 0 Å². The average molecular weight is 284 g/mol. The Morgan fingerprint density at radius 1 is 1.50 bits per heavy atom. The molecule has 2 unspecified atom stereocenters.